The van der Waals surface area contributed by atoms with E-state index in [1.165, 1.54) is 0 Å². The minimum atomic E-state index is -0.943. The predicted octanol–water partition coefficient (Wildman–Crippen LogP) is 2.16. The molecule has 1 aromatic carbocycles. The molecule has 0 aromatic heterocycles. The molecule has 14 heavy (non-hydrogen) atoms. The molecule has 3 heteroatoms. The van der Waals surface area contributed by atoms with E-state index in [2.05, 4.69) is 0 Å². The summed E-state index contributed by atoms with van der Waals surface area (Å²) in [5.41, 5.74) is 1.66. The van der Waals surface area contributed by atoms with Crippen molar-refractivity contribution in [1.82, 2.24) is 0 Å². The molecule has 0 radical (unpaired) electrons. The average Bonchev–Trinajstić information content (AvgIpc) is 2.15. The summed E-state index contributed by atoms with van der Waals surface area (Å²) < 4.78 is 5.17. The van der Waals surface area contributed by atoms with Crippen molar-refractivity contribution in [2.45, 2.75) is 20.0 Å². The summed E-state index contributed by atoms with van der Waals surface area (Å²) in [6, 6.07) is 7.36. The number of carbonyl (C=O) groups is 1. The third kappa shape index (κ3) is 2.33. The molecule has 0 amide bonds. The number of ether oxygens (including phenoxy) is 1. The Morgan fingerprint density at radius 3 is 2.64 bits per heavy atom. The molecule has 0 spiro atoms. The van der Waals surface area contributed by atoms with E-state index in [4.69, 9.17) is 9.84 Å². The summed E-state index contributed by atoms with van der Waals surface area (Å²) in [5.74, 6) is -0.943. The van der Waals surface area contributed by atoms with E-state index in [-0.39, 0.29) is 0 Å². The van der Waals surface area contributed by atoms with Crippen LogP contribution in [0.2, 0.25) is 0 Å². The van der Waals surface area contributed by atoms with Gasteiger partial charge in [-0.15, -0.1) is 0 Å². The van der Waals surface area contributed by atoms with E-state index < -0.39 is 12.1 Å². The van der Waals surface area contributed by atoms with Crippen LogP contribution in [-0.2, 0) is 9.53 Å². The molecule has 1 aromatic rings. The van der Waals surface area contributed by atoms with Gasteiger partial charge in [0.15, 0.2) is 6.10 Å². The molecule has 0 aliphatic rings. The molecule has 1 rings (SSSR count). The number of hydrogen-bond acceptors (Lipinski definition) is 2. The fourth-order valence-electron chi connectivity index (χ4n) is 1.34. The van der Waals surface area contributed by atoms with Crippen LogP contribution in [-0.4, -0.2) is 17.7 Å². The largest absolute Gasteiger partial charge is 0.479 e. The van der Waals surface area contributed by atoms with E-state index >= 15 is 0 Å². The molecule has 0 aliphatic heterocycles. The summed E-state index contributed by atoms with van der Waals surface area (Å²) in [6.07, 6.45) is -0.846. The predicted molar refractivity (Wildman–Crippen MR) is 53.2 cm³/mol. The standard InChI is InChI=1S/C11H14O3/c1-3-14-10(11(12)13)9-7-5-4-6-8(9)2/h4-7,10H,3H2,1-2H3,(H,12,13). The van der Waals surface area contributed by atoms with E-state index in [0.29, 0.717) is 6.61 Å². The maximum absolute atomic E-state index is 10.9. The number of carboxylic acids is 1. The van der Waals surface area contributed by atoms with Crippen molar-refractivity contribution < 1.29 is 14.6 Å². The Morgan fingerprint density at radius 2 is 2.14 bits per heavy atom. The molecule has 3 nitrogen and oxygen atoms in total. The first kappa shape index (κ1) is 10.7. The van der Waals surface area contributed by atoms with Crippen LogP contribution >= 0.6 is 0 Å². The normalized spacial score (nSPS) is 12.4. The first-order chi connectivity index (χ1) is 6.66. The van der Waals surface area contributed by atoms with Gasteiger partial charge in [-0.3, -0.25) is 0 Å². The fourth-order valence-corrected chi connectivity index (χ4v) is 1.34. The first-order valence-corrected chi connectivity index (χ1v) is 4.56. The molecule has 0 fully saturated rings. The molecule has 0 saturated carbocycles. The zero-order chi connectivity index (χ0) is 10.6. The smallest absolute Gasteiger partial charge is 0.337 e. The average molecular weight is 194 g/mol. The number of hydrogen-bond donors (Lipinski definition) is 1. The summed E-state index contributed by atoms with van der Waals surface area (Å²) in [4.78, 5) is 10.9. The third-order valence-electron chi connectivity index (χ3n) is 2.03. The van der Waals surface area contributed by atoms with Crippen LogP contribution in [0, 0.1) is 6.92 Å². The van der Waals surface area contributed by atoms with Crippen LogP contribution in [0.3, 0.4) is 0 Å². The van der Waals surface area contributed by atoms with Gasteiger partial charge >= 0.3 is 5.97 Å². The van der Waals surface area contributed by atoms with Crippen LogP contribution in [0.25, 0.3) is 0 Å². The minimum Gasteiger partial charge on any atom is -0.479 e. The van der Waals surface area contributed by atoms with Gasteiger partial charge in [-0.25, -0.2) is 4.79 Å². The second-order valence-electron chi connectivity index (χ2n) is 3.03. The fraction of sp³-hybridized carbons (Fsp3) is 0.364. The number of benzene rings is 1. The van der Waals surface area contributed by atoms with E-state index in [1.54, 1.807) is 13.0 Å². The van der Waals surface area contributed by atoms with E-state index in [1.807, 2.05) is 25.1 Å². The monoisotopic (exact) mass is 194 g/mol. The van der Waals surface area contributed by atoms with Gasteiger partial charge in [-0.2, -0.15) is 0 Å². The molecule has 1 N–H and O–H groups in total. The molecule has 0 saturated heterocycles. The molecule has 0 bridgehead atoms. The van der Waals surface area contributed by atoms with Crippen LogP contribution in [0.1, 0.15) is 24.2 Å². The molecule has 0 aliphatic carbocycles. The quantitative estimate of drug-likeness (QED) is 0.798. The van der Waals surface area contributed by atoms with Gasteiger partial charge in [0.1, 0.15) is 0 Å². The Labute approximate surface area is 83.3 Å². The first-order valence-electron chi connectivity index (χ1n) is 4.56. The Hall–Kier alpha value is -1.35. The second kappa shape index (κ2) is 4.77. The van der Waals surface area contributed by atoms with Gasteiger partial charge in [0.25, 0.3) is 0 Å². The minimum absolute atomic E-state index is 0.394. The lowest BCUT2D eigenvalue weighted by Crippen LogP contribution is -2.16. The van der Waals surface area contributed by atoms with Crippen LogP contribution in [0.15, 0.2) is 24.3 Å². The van der Waals surface area contributed by atoms with E-state index in [0.717, 1.165) is 11.1 Å². The van der Waals surface area contributed by atoms with Crippen molar-refractivity contribution in [2.75, 3.05) is 6.61 Å². The highest BCUT2D eigenvalue weighted by Crippen LogP contribution is 2.20. The summed E-state index contributed by atoms with van der Waals surface area (Å²) in [6.45, 7) is 4.06. The van der Waals surface area contributed by atoms with Gasteiger partial charge in [0.05, 0.1) is 0 Å². The topological polar surface area (TPSA) is 46.5 Å². The summed E-state index contributed by atoms with van der Waals surface area (Å²) in [5, 5.41) is 8.96. The molecule has 76 valence electrons. The Bertz CT molecular complexity index is 320. The SMILES string of the molecule is CCOC(C(=O)O)c1ccccc1C. The number of aryl methyl sites for hydroxylation is 1. The maximum Gasteiger partial charge on any atom is 0.337 e. The van der Waals surface area contributed by atoms with Crippen molar-refractivity contribution in [1.29, 1.82) is 0 Å². The Morgan fingerprint density at radius 1 is 1.50 bits per heavy atom. The Kier molecular flexibility index (Phi) is 3.65. The summed E-state index contributed by atoms with van der Waals surface area (Å²) in [7, 11) is 0. The lowest BCUT2D eigenvalue weighted by molar-refractivity contribution is -0.150. The van der Waals surface area contributed by atoms with Gasteiger partial charge < -0.3 is 9.84 Å². The van der Waals surface area contributed by atoms with E-state index in [9.17, 15) is 4.79 Å². The molecular formula is C11H14O3. The zero-order valence-corrected chi connectivity index (χ0v) is 8.36. The highest BCUT2D eigenvalue weighted by Gasteiger charge is 2.20. The van der Waals surface area contributed by atoms with Crippen molar-refractivity contribution in [3.8, 4) is 0 Å². The Balaban J connectivity index is 2.99. The highest BCUT2D eigenvalue weighted by molar-refractivity contribution is 5.74. The lowest BCUT2D eigenvalue weighted by Gasteiger charge is -2.14. The molecule has 0 heterocycles. The highest BCUT2D eigenvalue weighted by atomic mass is 16.5. The van der Waals surface area contributed by atoms with Crippen LogP contribution in [0.4, 0.5) is 0 Å². The number of carboxylic acid groups (broad SMARTS) is 1. The van der Waals surface area contributed by atoms with Gasteiger partial charge in [-0.1, -0.05) is 24.3 Å². The summed E-state index contributed by atoms with van der Waals surface area (Å²) >= 11 is 0. The van der Waals surface area contributed by atoms with Gasteiger partial charge in [0.2, 0.25) is 0 Å². The lowest BCUT2D eigenvalue weighted by atomic mass is 10.0. The number of rotatable bonds is 4. The maximum atomic E-state index is 10.9. The van der Waals surface area contributed by atoms with Crippen LogP contribution < -0.4 is 0 Å². The zero-order valence-electron chi connectivity index (χ0n) is 8.36. The second-order valence-corrected chi connectivity index (χ2v) is 3.03. The molecule has 1 atom stereocenters. The van der Waals surface area contributed by atoms with Gasteiger partial charge in [0, 0.05) is 6.61 Å². The van der Waals surface area contributed by atoms with Gasteiger partial charge in [-0.05, 0) is 25.0 Å². The third-order valence-corrected chi connectivity index (χ3v) is 2.03. The van der Waals surface area contributed by atoms with Crippen molar-refractivity contribution in [2.24, 2.45) is 0 Å². The number of aliphatic carboxylic acids is 1. The van der Waals surface area contributed by atoms with Crippen molar-refractivity contribution in [3.63, 3.8) is 0 Å². The van der Waals surface area contributed by atoms with Crippen molar-refractivity contribution >= 4 is 5.97 Å². The molecule has 1 unspecified atom stereocenters. The van der Waals surface area contributed by atoms with Crippen LogP contribution in [0.5, 0.6) is 0 Å². The van der Waals surface area contributed by atoms with Crippen molar-refractivity contribution in [3.05, 3.63) is 35.4 Å². The molecular weight excluding hydrogens is 180 g/mol.